The first kappa shape index (κ1) is 16.0. The molecule has 1 aromatic carbocycles. The Bertz CT molecular complexity index is 598. The van der Waals surface area contributed by atoms with Crippen molar-refractivity contribution in [2.24, 2.45) is 0 Å². The van der Waals surface area contributed by atoms with Crippen LogP contribution in [-0.4, -0.2) is 25.6 Å². The van der Waals surface area contributed by atoms with Gasteiger partial charge in [-0.2, -0.15) is 0 Å². The van der Waals surface area contributed by atoms with Crippen molar-refractivity contribution in [2.75, 3.05) is 13.7 Å². The molecule has 0 unspecified atom stereocenters. The first-order valence-corrected chi connectivity index (χ1v) is 7.64. The van der Waals surface area contributed by atoms with E-state index in [1.807, 2.05) is 35.7 Å². The Morgan fingerprint density at radius 1 is 1.18 bits per heavy atom. The maximum atomic E-state index is 12.0. The molecule has 2 aromatic rings. The Kier molecular flexibility index (Phi) is 5.97. The lowest BCUT2D eigenvalue weighted by molar-refractivity contribution is -0.141. The number of carbonyl (C=O) groups is 2. The van der Waals surface area contributed by atoms with Gasteiger partial charge in [0.15, 0.2) is 6.61 Å². The van der Waals surface area contributed by atoms with Crippen molar-refractivity contribution in [2.45, 2.75) is 12.5 Å². The van der Waals surface area contributed by atoms with E-state index in [2.05, 4.69) is 10.1 Å². The number of amides is 1. The number of hydrogen-bond acceptors (Lipinski definition) is 5. The highest BCUT2D eigenvalue weighted by Crippen LogP contribution is 2.22. The number of benzene rings is 1. The van der Waals surface area contributed by atoms with Crippen LogP contribution in [0.3, 0.4) is 0 Å². The molecule has 0 saturated carbocycles. The number of ether oxygens (including phenoxy) is 2. The zero-order chi connectivity index (χ0) is 15.8. The van der Waals surface area contributed by atoms with Crippen molar-refractivity contribution in [1.29, 1.82) is 0 Å². The van der Waals surface area contributed by atoms with E-state index >= 15 is 0 Å². The number of carbonyl (C=O) groups excluding carboxylic acids is 2. The highest BCUT2D eigenvalue weighted by molar-refractivity contribution is 7.10. The summed E-state index contributed by atoms with van der Waals surface area (Å²) in [4.78, 5) is 24.4. The van der Waals surface area contributed by atoms with Gasteiger partial charge in [0.2, 0.25) is 0 Å². The zero-order valence-electron chi connectivity index (χ0n) is 12.2. The molecule has 0 aliphatic rings. The predicted octanol–water partition coefficient (Wildman–Crippen LogP) is 2.55. The van der Waals surface area contributed by atoms with Crippen LogP contribution in [-0.2, 0) is 14.3 Å². The molecule has 116 valence electrons. The summed E-state index contributed by atoms with van der Waals surface area (Å²) in [6, 6.07) is 12.4. The number of rotatable bonds is 7. The summed E-state index contributed by atoms with van der Waals surface area (Å²) in [5.41, 5.74) is 0. The van der Waals surface area contributed by atoms with Gasteiger partial charge in [0.1, 0.15) is 5.75 Å². The lowest BCUT2D eigenvalue weighted by Gasteiger charge is -2.16. The summed E-state index contributed by atoms with van der Waals surface area (Å²) >= 11 is 1.48. The molecule has 1 heterocycles. The minimum absolute atomic E-state index is 0.0914. The topological polar surface area (TPSA) is 64.6 Å². The van der Waals surface area contributed by atoms with Crippen molar-refractivity contribution >= 4 is 23.2 Å². The molecular weight excluding hydrogens is 302 g/mol. The van der Waals surface area contributed by atoms with Crippen molar-refractivity contribution < 1.29 is 19.1 Å². The molecular formula is C16H17NO4S. The highest BCUT2D eigenvalue weighted by Gasteiger charge is 2.20. The summed E-state index contributed by atoms with van der Waals surface area (Å²) in [6.07, 6.45) is 0.0914. The van der Waals surface area contributed by atoms with Gasteiger partial charge in [-0.1, -0.05) is 24.3 Å². The van der Waals surface area contributed by atoms with Crippen molar-refractivity contribution in [3.05, 3.63) is 52.7 Å². The summed E-state index contributed by atoms with van der Waals surface area (Å²) in [5.74, 6) is -0.0351. The number of nitrogens with one attached hydrogen (secondary N) is 1. The number of esters is 1. The van der Waals surface area contributed by atoms with Crippen molar-refractivity contribution in [3.63, 3.8) is 0 Å². The van der Waals surface area contributed by atoms with Gasteiger partial charge < -0.3 is 14.8 Å². The number of para-hydroxylation sites is 1. The lowest BCUT2D eigenvalue weighted by atomic mass is 10.1. The van der Waals surface area contributed by atoms with Gasteiger partial charge in [-0.3, -0.25) is 9.59 Å². The molecule has 2 rings (SSSR count). The maximum absolute atomic E-state index is 12.0. The van der Waals surface area contributed by atoms with E-state index < -0.39 is 6.04 Å². The van der Waals surface area contributed by atoms with Gasteiger partial charge in [-0.15, -0.1) is 11.3 Å². The summed E-state index contributed by atoms with van der Waals surface area (Å²) in [6.45, 7) is -0.104. The quantitative estimate of drug-likeness (QED) is 0.797. The SMILES string of the molecule is COC(=O)C[C@@H](NC(=O)COc1ccccc1)c1cccs1. The van der Waals surface area contributed by atoms with Crippen LogP contribution >= 0.6 is 11.3 Å². The van der Waals surface area contributed by atoms with Crippen LogP contribution in [0.4, 0.5) is 0 Å². The standard InChI is InChI=1S/C16H17NO4S/c1-20-16(19)10-13(14-8-5-9-22-14)17-15(18)11-21-12-6-3-2-4-7-12/h2-9,13H,10-11H2,1H3,(H,17,18)/t13-/m1/s1. The smallest absolute Gasteiger partial charge is 0.307 e. The van der Waals surface area contributed by atoms with Crippen LogP contribution in [0.2, 0.25) is 0 Å². The average molecular weight is 319 g/mol. The van der Waals surface area contributed by atoms with Gasteiger partial charge in [0.25, 0.3) is 5.91 Å². The van der Waals surface area contributed by atoms with E-state index in [0.717, 1.165) is 4.88 Å². The molecule has 0 aliphatic heterocycles. The molecule has 6 heteroatoms. The molecule has 5 nitrogen and oxygen atoms in total. The minimum atomic E-state index is -0.403. The van der Waals surface area contributed by atoms with Crippen molar-refractivity contribution in [1.82, 2.24) is 5.32 Å². The van der Waals surface area contributed by atoms with E-state index in [9.17, 15) is 9.59 Å². The van der Waals surface area contributed by atoms with E-state index in [1.165, 1.54) is 18.4 Å². The van der Waals surface area contributed by atoms with Crippen LogP contribution < -0.4 is 10.1 Å². The second kappa shape index (κ2) is 8.19. The van der Waals surface area contributed by atoms with Crippen molar-refractivity contribution in [3.8, 4) is 5.75 Å². The summed E-state index contributed by atoms with van der Waals surface area (Å²) in [7, 11) is 1.33. The third-order valence-corrected chi connectivity index (χ3v) is 3.92. The molecule has 1 amide bonds. The fourth-order valence-electron chi connectivity index (χ4n) is 1.86. The van der Waals surface area contributed by atoms with Gasteiger partial charge in [-0.25, -0.2) is 0 Å². The van der Waals surface area contributed by atoms with E-state index in [4.69, 9.17) is 4.74 Å². The Morgan fingerprint density at radius 3 is 2.59 bits per heavy atom. The average Bonchev–Trinajstić information content (AvgIpc) is 3.07. The van der Waals surface area contributed by atoms with Crippen LogP contribution in [0.25, 0.3) is 0 Å². The zero-order valence-corrected chi connectivity index (χ0v) is 13.0. The van der Waals surface area contributed by atoms with Gasteiger partial charge in [0.05, 0.1) is 19.6 Å². The van der Waals surface area contributed by atoms with E-state index in [1.54, 1.807) is 12.1 Å². The molecule has 0 saturated heterocycles. The van der Waals surface area contributed by atoms with E-state index in [-0.39, 0.29) is 24.9 Å². The summed E-state index contributed by atoms with van der Waals surface area (Å²) in [5, 5.41) is 4.70. The molecule has 22 heavy (non-hydrogen) atoms. The van der Waals surface area contributed by atoms with Crippen LogP contribution in [0.1, 0.15) is 17.3 Å². The molecule has 1 atom stereocenters. The molecule has 1 N–H and O–H groups in total. The first-order chi connectivity index (χ1) is 10.7. The monoisotopic (exact) mass is 319 g/mol. The molecule has 0 radical (unpaired) electrons. The molecule has 0 fully saturated rings. The van der Waals surface area contributed by atoms with E-state index in [0.29, 0.717) is 5.75 Å². The molecule has 0 bridgehead atoms. The first-order valence-electron chi connectivity index (χ1n) is 6.76. The molecule has 1 aromatic heterocycles. The number of hydrogen-bond donors (Lipinski definition) is 1. The molecule has 0 spiro atoms. The fraction of sp³-hybridized carbons (Fsp3) is 0.250. The lowest BCUT2D eigenvalue weighted by Crippen LogP contribution is -2.33. The number of methoxy groups -OCH3 is 1. The van der Waals surface area contributed by atoms with Crippen LogP contribution in [0, 0.1) is 0 Å². The fourth-order valence-corrected chi connectivity index (χ4v) is 2.64. The summed E-state index contributed by atoms with van der Waals surface area (Å²) < 4.78 is 10.1. The number of thiophene rings is 1. The van der Waals surface area contributed by atoms with Gasteiger partial charge >= 0.3 is 5.97 Å². The Labute approximate surface area is 132 Å². The molecule has 0 aliphatic carbocycles. The van der Waals surface area contributed by atoms with Gasteiger partial charge in [-0.05, 0) is 23.6 Å². The normalized spacial score (nSPS) is 11.5. The van der Waals surface area contributed by atoms with Crippen LogP contribution in [0.15, 0.2) is 47.8 Å². The van der Waals surface area contributed by atoms with Gasteiger partial charge in [0, 0.05) is 4.88 Å². The highest BCUT2D eigenvalue weighted by atomic mass is 32.1. The Morgan fingerprint density at radius 2 is 1.95 bits per heavy atom. The second-order valence-corrected chi connectivity index (χ2v) is 5.50. The maximum Gasteiger partial charge on any atom is 0.307 e. The minimum Gasteiger partial charge on any atom is -0.484 e. The third-order valence-electron chi connectivity index (χ3n) is 2.93. The van der Waals surface area contributed by atoms with Crippen LogP contribution in [0.5, 0.6) is 5.75 Å². The predicted molar refractivity (Wildman–Crippen MR) is 83.8 cm³/mol. The third kappa shape index (κ3) is 4.89. The Hall–Kier alpha value is -2.34. The largest absolute Gasteiger partial charge is 0.484 e. The second-order valence-electron chi connectivity index (χ2n) is 4.52. The Balaban J connectivity index is 1.92.